The summed E-state index contributed by atoms with van der Waals surface area (Å²) < 4.78 is 5.74. The molecule has 1 saturated heterocycles. The molecule has 2 heterocycles. The van der Waals surface area contributed by atoms with Crippen molar-refractivity contribution in [2.24, 2.45) is 0 Å². The Morgan fingerprint density at radius 3 is 2.95 bits per heavy atom. The first-order valence-corrected chi connectivity index (χ1v) is 8.22. The van der Waals surface area contributed by atoms with E-state index < -0.39 is 6.04 Å². The minimum atomic E-state index is -0.456. The van der Waals surface area contributed by atoms with Crippen LogP contribution in [-0.2, 0) is 14.3 Å². The Balaban J connectivity index is 2.04. The van der Waals surface area contributed by atoms with Crippen molar-refractivity contribution in [3.63, 3.8) is 0 Å². The molecule has 1 aromatic heterocycles. The van der Waals surface area contributed by atoms with E-state index in [0.717, 1.165) is 17.7 Å². The van der Waals surface area contributed by atoms with Crippen LogP contribution in [0.2, 0.25) is 4.34 Å². The van der Waals surface area contributed by atoms with Crippen molar-refractivity contribution < 1.29 is 14.3 Å². The minimum Gasteiger partial charge on any atom is -0.464 e. The lowest BCUT2D eigenvalue weighted by Gasteiger charge is -2.33. The van der Waals surface area contributed by atoms with Crippen molar-refractivity contribution in [3.8, 4) is 0 Å². The number of amides is 1. The summed E-state index contributed by atoms with van der Waals surface area (Å²) in [6.45, 7) is 2.70. The number of nitrogens with zero attached hydrogens (tertiary/aromatic N) is 1. The van der Waals surface area contributed by atoms with Gasteiger partial charge >= 0.3 is 5.97 Å². The second-order valence-electron chi connectivity index (χ2n) is 4.77. The predicted molar refractivity (Wildman–Crippen MR) is 84.3 cm³/mol. The molecule has 0 spiro atoms. The number of carbonyl (C=O) groups excluding carboxylic acids is 2. The number of likely N-dealkylation sites (tertiary alicyclic amines) is 1. The van der Waals surface area contributed by atoms with E-state index in [-0.39, 0.29) is 11.9 Å². The van der Waals surface area contributed by atoms with Crippen molar-refractivity contribution >= 4 is 40.9 Å². The molecule has 1 aromatic rings. The maximum atomic E-state index is 12.3. The SMILES string of the molecule is CCOC(=O)C1CCCCN1C(=O)/C=C/c1ccc(Cl)s1. The fourth-order valence-electron chi connectivity index (χ4n) is 2.35. The van der Waals surface area contributed by atoms with Crippen LogP contribution in [0.5, 0.6) is 0 Å². The average Bonchev–Trinajstić information content (AvgIpc) is 2.90. The molecule has 2 rings (SSSR count). The van der Waals surface area contributed by atoms with E-state index in [0.29, 0.717) is 23.9 Å². The largest absolute Gasteiger partial charge is 0.464 e. The van der Waals surface area contributed by atoms with Gasteiger partial charge in [-0.05, 0) is 44.4 Å². The molecule has 1 aliphatic rings. The van der Waals surface area contributed by atoms with Crippen LogP contribution in [0.1, 0.15) is 31.1 Å². The lowest BCUT2D eigenvalue weighted by atomic mass is 10.0. The summed E-state index contributed by atoms with van der Waals surface area (Å²) in [7, 11) is 0. The van der Waals surface area contributed by atoms with Gasteiger partial charge in [0.15, 0.2) is 0 Å². The Hall–Kier alpha value is -1.33. The van der Waals surface area contributed by atoms with Crippen molar-refractivity contribution in [2.45, 2.75) is 32.2 Å². The predicted octanol–water partition coefficient (Wildman–Crippen LogP) is 3.36. The highest BCUT2D eigenvalue weighted by Gasteiger charge is 2.32. The van der Waals surface area contributed by atoms with Crippen LogP contribution in [0.25, 0.3) is 6.08 Å². The summed E-state index contributed by atoms with van der Waals surface area (Å²) in [6, 6.07) is 3.19. The van der Waals surface area contributed by atoms with Gasteiger partial charge in [-0.25, -0.2) is 4.79 Å². The van der Waals surface area contributed by atoms with Crippen LogP contribution in [0.3, 0.4) is 0 Å². The first kappa shape index (κ1) is 16.0. The summed E-state index contributed by atoms with van der Waals surface area (Å²) in [5.74, 6) is -0.463. The Morgan fingerprint density at radius 2 is 2.29 bits per heavy atom. The molecule has 1 fully saturated rings. The molecule has 6 heteroatoms. The zero-order valence-electron chi connectivity index (χ0n) is 11.9. The van der Waals surface area contributed by atoms with E-state index in [4.69, 9.17) is 16.3 Å². The minimum absolute atomic E-state index is 0.155. The van der Waals surface area contributed by atoms with Gasteiger partial charge < -0.3 is 9.64 Å². The molecular weight excluding hydrogens is 310 g/mol. The van der Waals surface area contributed by atoms with E-state index in [1.807, 2.05) is 6.07 Å². The zero-order chi connectivity index (χ0) is 15.2. The topological polar surface area (TPSA) is 46.6 Å². The maximum absolute atomic E-state index is 12.3. The van der Waals surface area contributed by atoms with Crippen molar-refractivity contribution in [1.29, 1.82) is 0 Å². The smallest absolute Gasteiger partial charge is 0.328 e. The summed E-state index contributed by atoms with van der Waals surface area (Å²) >= 11 is 7.26. The molecule has 1 amide bonds. The summed E-state index contributed by atoms with van der Waals surface area (Å²) in [5, 5.41) is 0. The number of hydrogen-bond donors (Lipinski definition) is 0. The molecule has 1 atom stereocenters. The van der Waals surface area contributed by atoms with Crippen molar-refractivity contribution in [1.82, 2.24) is 4.90 Å². The molecule has 0 N–H and O–H groups in total. The van der Waals surface area contributed by atoms with Crippen molar-refractivity contribution in [2.75, 3.05) is 13.2 Å². The molecule has 4 nitrogen and oxygen atoms in total. The molecule has 21 heavy (non-hydrogen) atoms. The zero-order valence-corrected chi connectivity index (χ0v) is 13.5. The third-order valence-electron chi connectivity index (χ3n) is 3.33. The van der Waals surface area contributed by atoms with Gasteiger partial charge in [0.1, 0.15) is 6.04 Å². The fraction of sp³-hybridized carbons (Fsp3) is 0.467. The van der Waals surface area contributed by atoms with E-state index in [2.05, 4.69) is 0 Å². The van der Waals surface area contributed by atoms with Gasteiger partial charge in [0.05, 0.1) is 10.9 Å². The molecule has 0 saturated carbocycles. The standard InChI is InChI=1S/C15H18ClNO3S/c1-2-20-15(19)12-5-3-4-10-17(12)14(18)9-7-11-6-8-13(16)21-11/h6-9,12H,2-5,10H2,1H3/b9-7+. The molecule has 1 unspecified atom stereocenters. The van der Waals surface area contributed by atoms with Crippen molar-refractivity contribution in [3.05, 3.63) is 27.4 Å². The monoisotopic (exact) mass is 327 g/mol. The van der Waals surface area contributed by atoms with Gasteiger partial charge in [-0.2, -0.15) is 0 Å². The summed E-state index contributed by atoms with van der Waals surface area (Å²) in [6.07, 6.45) is 5.76. The normalized spacial score (nSPS) is 19.0. The van der Waals surface area contributed by atoms with Crippen LogP contribution in [0, 0.1) is 0 Å². The number of ether oxygens (including phenoxy) is 1. The molecule has 0 radical (unpaired) electrons. The van der Waals surface area contributed by atoms with Gasteiger partial charge in [-0.3, -0.25) is 4.79 Å². The highest BCUT2D eigenvalue weighted by Crippen LogP contribution is 2.23. The highest BCUT2D eigenvalue weighted by molar-refractivity contribution is 7.17. The Morgan fingerprint density at radius 1 is 1.48 bits per heavy atom. The average molecular weight is 328 g/mol. The lowest BCUT2D eigenvalue weighted by molar-refractivity contribution is -0.155. The first-order valence-electron chi connectivity index (χ1n) is 7.02. The lowest BCUT2D eigenvalue weighted by Crippen LogP contribution is -2.48. The summed E-state index contributed by atoms with van der Waals surface area (Å²) in [5.41, 5.74) is 0. The van der Waals surface area contributed by atoms with E-state index in [1.54, 1.807) is 24.0 Å². The van der Waals surface area contributed by atoms with Gasteiger partial charge in [-0.1, -0.05) is 11.6 Å². The van der Waals surface area contributed by atoms with Crippen LogP contribution >= 0.6 is 22.9 Å². The fourth-order valence-corrected chi connectivity index (χ4v) is 3.31. The van der Waals surface area contributed by atoms with Gasteiger partial charge in [0.2, 0.25) is 5.91 Å². The maximum Gasteiger partial charge on any atom is 0.328 e. The van der Waals surface area contributed by atoms with E-state index >= 15 is 0 Å². The van der Waals surface area contributed by atoms with Gasteiger partial charge in [-0.15, -0.1) is 11.3 Å². The van der Waals surface area contributed by atoms with Crippen LogP contribution in [-0.4, -0.2) is 36.0 Å². The number of rotatable bonds is 4. The van der Waals surface area contributed by atoms with Crippen LogP contribution in [0.15, 0.2) is 18.2 Å². The molecule has 0 bridgehead atoms. The second-order valence-corrected chi connectivity index (χ2v) is 6.52. The van der Waals surface area contributed by atoms with Crippen LogP contribution in [0.4, 0.5) is 0 Å². The number of halogens is 1. The number of esters is 1. The second kappa shape index (κ2) is 7.61. The Kier molecular flexibility index (Phi) is 5.82. The Labute approximate surface area is 133 Å². The van der Waals surface area contributed by atoms with Gasteiger partial charge in [0, 0.05) is 17.5 Å². The summed E-state index contributed by atoms with van der Waals surface area (Å²) in [4.78, 5) is 26.8. The quantitative estimate of drug-likeness (QED) is 0.629. The number of hydrogen-bond acceptors (Lipinski definition) is 4. The molecule has 1 aliphatic heterocycles. The highest BCUT2D eigenvalue weighted by atomic mass is 35.5. The third-order valence-corrected chi connectivity index (χ3v) is 4.53. The molecule has 0 aromatic carbocycles. The molecule has 0 aliphatic carbocycles. The molecular formula is C15H18ClNO3S. The van der Waals surface area contributed by atoms with Gasteiger partial charge in [0.25, 0.3) is 0 Å². The number of piperidine rings is 1. The number of carbonyl (C=O) groups is 2. The first-order chi connectivity index (χ1) is 10.1. The molecule has 114 valence electrons. The van der Waals surface area contributed by atoms with E-state index in [1.165, 1.54) is 17.4 Å². The van der Waals surface area contributed by atoms with Crippen LogP contribution < -0.4 is 0 Å². The third kappa shape index (κ3) is 4.32. The number of thiophene rings is 1. The Bertz CT molecular complexity index is 541. The van der Waals surface area contributed by atoms with E-state index in [9.17, 15) is 9.59 Å².